The molecule has 0 aliphatic carbocycles. The first kappa shape index (κ1) is 12.4. The summed E-state index contributed by atoms with van der Waals surface area (Å²) >= 11 is 0. The molecule has 0 radical (unpaired) electrons. The summed E-state index contributed by atoms with van der Waals surface area (Å²) in [5, 5.41) is 2.67. The Balaban J connectivity index is 1.77. The van der Waals surface area contributed by atoms with E-state index in [2.05, 4.69) is 5.32 Å². The number of amides is 2. The van der Waals surface area contributed by atoms with Gasteiger partial charge in [0.05, 0.1) is 0 Å². The van der Waals surface area contributed by atoms with Crippen molar-refractivity contribution in [3.63, 3.8) is 0 Å². The molecule has 0 spiro atoms. The Bertz CT molecular complexity index is 408. The average Bonchev–Trinajstić information content (AvgIpc) is 2.86. The van der Waals surface area contributed by atoms with Crippen LogP contribution in [0.4, 0.5) is 4.79 Å². The zero-order valence-corrected chi connectivity index (χ0v) is 10.0. The lowest BCUT2D eigenvalue weighted by Crippen LogP contribution is -2.34. The van der Waals surface area contributed by atoms with Crippen LogP contribution in [0.5, 0.6) is 0 Å². The smallest absolute Gasteiger partial charge is 0.410 e. The van der Waals surface area contributed by atoms with Gasteiger partial charge in [0.15, 0.2) is 0 Å². The van der Waals surface area contributed by atoms with Crippen molar-refractivity contribution in [1.82, 2.24) is 10.2 Å². The van der Waals surface area contributed by atoms with Gasteiger partial charge < -0.3 is 15.0 Å². The minimum Gasteiger partial charge on any atom is -0.445 e. The highest BCUT2D eigenvalue weighted by atomic mass is 16.6. The monoisotopic (exact) mass is 248 g/mol. The van der Waals surface area contributed by atoms with Crippen LogP contribution in [0.3, 0.4) is 0 Å². The largest absolute Gasteiger partial charge is 0.445 e. The van der Waals surface area contributed by atoms with Crippen molar-refractivity contribution in [2.75, 3.05) is 13.1 Å². The fraction of sp³-hybridized carbons (Fsp3) is 0.385. The van der Waals surface area contributed by atoms with E-state index in [0.29, 0.717) is 19.5 Å². The van der Waals surface area contributed by atoms with E-state index in [1.54, 1.807) is 4.90 Å². The molecule has 1 unspecified atom stereocenters. The molecule has 1 aromatic rings. The Hall–Kier alpha value is -2.04. The van der Waals surface area contributed by atoms with Crippen LogP contribution in [-0.2, 0) is 16.1 Å². The molecule has 2 amide bonds. The topological polar surface area (TPSA) is 58.6 Å². The molecule has 1 aliphatic rings. The molecule has 2 rings (SSSR count). The fourth-order valence-electron chi connectivity index (χ4n) is 1.97. The molecule has 5 nitrogen and oxygen atoms in total. The number of rotatable bonds is 4. The molecular weight excluding hydrogens is 232 g/mol. The highest BCUT2D eigenvalue weighted by Gasteiger charge is 2.26. The average molecular weight is 248 g/mol. The summed E-state index contributed by atoms with van der Waals surface area (Å²) in [6.07, 6.45) is 1.12. The third-order valence-corrected chi connectivity index (χ3v) is 2.96. The lowest BCUT2D eigenvalue weighted by atomic mass is 10.2. The Morgan fingerprint density at radius 2 is 2.22 bits per heavy atom. The van der Waals surface area contributed by atoms with Gasteiger partial charge in [-0.3, -0.25) is 4.79 Å². The summed E-state index contributed by atoms with van der Waals surface area (Å²) in [5.74, 6) is 0. The van der Waals surface area contributed by atoms with Crippen LogP contribution in [0.15, 0.2) is 30.3 Å². The van der Waals surface area contributed by atoms with E-state index in [9.17, 15) is 9.59 Å². The van der Waals surface area contributed by atoms with Crippen molar-refractivity contribution < 1.29 is 14.3 Å². The number of benzene rings is 1. The molecule has 1 aliphatic heterocycles. The number of hydrogen-bond acceptors (Lipinski definition) is 3. The van der Waals surface area contributed by atoms with Crippen LogP contribution in [0.2, 0.25) is 0 Å². The number of likely N-dealkylation sites (tertiary alicyclic amines) is 1. The van der Waals surface area contributed by atoms with Crippen LogP contribution < -0.4 is 5.32 Å². The van der Waals surface area contributed by atoms with Gasteiger partial charge in [-0.05, 0) is 12.0 Å². The normalized spacial score (nSPS) is 18.4. The first-order valence-corrected chi connectivity index (χ1v) is 5.95. The van der Waals surface area contributed by atoms with Crippen LogP contribution >= 0.6 is 0 Å². The molecule has 18 heavy (non-hydrogen) atoms. The number of nitrogens with zero attached hydrogens (tertiary/aromatic N) is 1. The molecule has 1 N–H and O–H groups in total. The predicted octanol–water partition coefficient (Wildman–Crippen LogP) is 1.14. The van der Waals surface area contributed by atoms with E-state index in [0.717, 1.165) is 12.0 Å². The maximum Gasteiger partial charge on any atom is 0.410 e. The maximum absolute atomic E-state index is 11.8. The first-order chi connectivity index (χ1) is 8.79. The molecule has 96 valence electrons. The van der Waals surface area contributed by atoms with Crippen molar-refractivity contribution in [2.45, 2.75) is 19.1 Å². The van der Waals surface area contributed by atoms with E-state index in [4.69, 9.17) is 4.74 Å². The summed E-state index contributed by atoms with van der Waals surface area (Å²) in [4.78, 5) is 23.7. The third-order valence-electron chi connectivity index (χ3n) is 2.96. The lowest BCUT2D eigenvalue weighted by Gasteiger charge is -2.16. The fourth-order valence-corrected chi connectivity index (χ4v) is 1.97. The van der Waals surface area contributed by atoms with Crippen LogP contribution in [0.25, 0.3) is 0 Å². The number of carbonyl (C=O) groups is 2. The summed E-state index contributed by atoms with van der Waals surface area (Å²) in [7, 11) is 0. The molecule has 1 atom stereocenters. The van der Waals surface area contributed by atoms with E-state index >= 15 is 0 Å². The van der Waals surface area contributed by atoms with Crippen molar-refractivity contribution in [1.29, 1.82) is 0 Å². The predicted molar refractivity (Wildman–Crippen MR) is 65.8 cm³/mol. The SMILES string of the molecule is O=CNC1CCN(C(=O)OCc2ccccc2)C1. The van der Waals surface area contributed by atoms with Crippen LogP contribution in [-0.4, -0.2) is 36.5 Å². The number of hydrogen-bond donors (Lipinski definition) is 1. The second kappa shape index (κ2) is 6.05. The van der Waals surface area contributed by atoms with E-state index < -0.39 is 0 Å². The Morgan fingerprint density at radius 1 is 1.44 bits per heavy atom. The summed E-state index contributed by atoms with van der Waals surface area (Å²) in [6, 6.07) is 9.60. The van der Waals surface area contributed by atoms with Crippen LogP contribution in [0, 0.1) is 0 Å². The molecule has 1 heterocycles. The standard InChI is InChI=1S/C13H16N2O3/c16-10-14-12-6-7-15(8-12)13(17)18-9-11-4-2-1-3-5-11/h1-5,10,12H,6-9H2,(H,14,16). The lowest BCUT2D eigenvalue weighted by molar-refractivity contribution is -0.110. The van der Waals surface area contributed by atoms with Crippen molar-refractivity contribution in [3.05, 3.63) is 35.9 Å². The van der Waals surface area contributed by atoms with Gasteiger partial charge in [-0.25, -0.2) is 4.79 Å². The summed E-state index contributed by atoms with van der Waals surface area (Å²) in [5.41, 5.74) is 0.965. The van der Waals surface area contributed by atoms with Crippen molar-refractivity contribution >= 4 is 12.5 Å². The molecule has 1 saturated heterocycles. The zero-order chi connectivity index (χ0) is 12.8. The van der Waals surface area contributed by atoms with Gasteiger partial charge in [0.2, 0.25) is 6.41 Å². The van der Waals surface area contributed by atoms with Gasteiger partial charge in [-0.15, -0.1) is 0 Å². The van der Waals surface area contributed by atoms with Crippen molar-refractivity contribution in [2.24, 2.45) is 0 Å². The van der Waals surface area contributed by atoms with Gasteiger partial charge in [0, 0.05) is 19.1 Å². The second-order valence-electron chi connectivity index (χ2n) is 4.26. The molecule has 0 saturated carbocycles. The van der Waals surface area contributed by atoms with Gasteiger partial charge in [-0.2, -0.15) is 0 Å². The Morgan fingerprint density at radius 3 is 2.94 bits per heavy atom. The Labute approximate surface area is 106 Å². The second-order valence-corrected chi connectivity index (χ2v) is 4.26. The summed E-state index contributed by atoms with van der Waals surface area (Å²) < 4.78 is 5.21. The summed E-state index contributed by atoms with van der Waals surface area (Å²) in [6.45, 7) is 1.42. The zero-order valence-electron chi connectivity index (χ0n) is 10.0. The van der Waals surface area contributed by atoms with E-state index in [-0.39, 0.29) is 18.7 Å². The van der Waals surface area contributed by atoms with Crippen LogP contribution in [0.1, 0.15) is 12.0 Å². The molecule has 0 bridgehead atoms. The molecule has 5 heteroatoms. The highest BCUT2D eigenvalue weighted by molar-refractivity contribution is 5.68. The van der Waals surface area contributed by atoms with E-state index in [1.807, 2.05) is 30.3 Å². The number of nitrogens with one attached hydrogen (secondary N) is 1. The Kier molecular flexibility index (Phi) is 4.17. The van der Waals surface area contributed by atoms with Gasteiger partial charge in [0.1, 0.15) is 6.61 Å². The first-order valence-electron chi connectivity index (χ1n) is 5.95. The number of carbonyl (C=O) groups excluding carboxylic acids is 2. The maximum atomic E-state index is 11.8. The molecule has 0 aromatic heterocycles. The third kappa shape index (κ3) is 3.23. The minimum atomic E-state index is -0.325. The van der Waals surface area contributed by atoms with Gasteiger partial charge >= 0.3 is 6.09 Å². The number of ether oxygens (including phenoxy) is 1. The van der Waals surface area contributed by atoms with E-state index in [1.165, 1.54) is 0 Å². The molecular formula is C13H16N2O3. The molecule has 1 aromatic carbocycles. The van der Waals surface area contributed by atoms with Crippen molar-refractivity contribution in [3.8, 4) is 0 Å². The molecule has 1 fully saturated rings. The quantitative estimate of drug-likeness (QED) is 0.813. The highest BCUT2D eigenvalue weighted by Crippen LogP contribution is 2.11. The minimum absolute atomic E-state index is 0.0479. The van der Waals surface area contributed by atoms with Gasteiger partial charge in [-0.1, -0.05) is 30.3 Å². The van der Waals surface area contributed by atoms with Gasteiger partial charge in [0.25, 0.3) is 0 Å².